The third-order valence-corrected chi connectivity index (χ3v) is 3.36. The molecular formula is C17H19F2N3O. The molecule has 2 aromatic rings. The van der Waals surface area contributed by atoms with Crippen LogP contribution >= 0.6 is 0 Å². The van der Waals surface area contributed by atoms with E-state index in [1.54, 1.807) is 12.4 Å². The maximum atomic E-state index is 13.7. The zero-order valence-electron chi connectivity index (χ0n) is 12.9. The van der Waals surface area contributed by atoms with E-state index in [1.807, 2.05) is 12.1 Å². The third-order valence-electron chi connectivity index (χ3n) is 3.36. The van der Waals surface area contributed by atoms with Crippen LogP contribution in [0.2, 0.25) is 0 Å². The second-order valence-electron chi connectivity index (χ2n) is 5.23. The number of benzene rings is 1. The van der Waals surface area contributed by atoms with Crippen molar-refractivity contribution >= 4 is 5.91 Å². The molecule has 1 aromatic carbocycles. The Hall–Kier alpha value is -2.34. The van der Waals surface area contributed by atoms with Gasteiger partial charge in [0.1, 0.15) is 11.6 Å². The van der Waals surface area contributed by atoms with Crippen LogP contribution in [0.5, 0.6) is 0 Å². The highest BCUT2D eigenvalue weighted by Crippen LogP contribution is 2.13. The number of aromatic nitrogens is 1. The molecule has 0 radical (unpaired) electrons. The Morgan fingerprint density at radius 2 is 2.04 bits per heavy atom. The van der Waals surface area contributed by atoms with Crippen molar-refractivity contribution in [2.45, 2.75) is 19.9 Å². The van der Waals surface area contributed by atoms with Crippen molar-refractivity contribution in [1.82, 2.24) is 15.6 Å². The molecular weight excluding hydrogens is 300 g/mol. The first-order valence-corrected chi connectivity index (χ1v) is 7.41. The maximum Gasteiger partial charge on any atom is 0.254 e. The zero-order chi connectivity index (χ0) is 16.7. The van der Waals surface area contributed by atoms with E-state index >= 15 is 0 Å². The Bertz CT molecular complexity index is 662. The second kappa shape index (κ2) is 8.33. The SMILES string of the molecule is Cc1cc(F)c(C(=O)NCCCNCc2cccnc2)cc1F. The van der Waals surface area contributed by atoms with Crippen LogP contribution in [0, 0.1) is 18.6 Å². The lowest BCUT2D eigenvalue weighted by Crippen LogP contribution is -2.28. The van der Waals surface area contributed by atoms with Gasteiger partial charge in [0.05, 0.1) is 5.56 Å². The molecule has 0 saturated carbocycles. The summed E-state index contributed by atoms with van der Waals surface area (Å²) < 4.78 is 27.1. The molecule has 0 unspecified atom stereocenters. The molecule has 4 nitrogen and oxygen atoms in total. The first-order chi connectivity index (χ1) is 11.1. The summed E-state index contributed by atoms with van der Waals surface area (Å²) in [7, 11) is 0. The molecule has 0 aliphatic rings. The van der Waals surface area contributed by atoms with Gasteiger partial charge in [0.25, 0.3) is 5.91 Å². The van der Waals surface area contributed by atoms with Crippen LogP contribution in [-0.4, -0.2) is 24.0 Å². The summed E-state index contributed by atoms with van der Waals surface area (Å²) in [4.78, 5) is 15.9. The molecule has 1 aromatic heterocycles. The van der Waals surface area contributed by atoms with Gasteiger partial charge in [-0.25, -0.2) is 8.78 Å². The van der Waals surface area contributed by atoms with Gasteiger partial charge in [0, 0.05) is 25.5 Å². The minimum atomic E-state index is -0.712. The summed E-state index contributed by atoms with van der Waals surface area (Å²) >= 11 is 0. The summed E-state index contributed by atoms with van der Waals surface area (Å²) in [6.45, 7) is 3.22. The lowest BCUT2D eigenvalue weighted by atomic mass is 10.1. The lowest BCUT2D eigenvalue weighted by Gasteiger charge is -2.08. The fraction of sp³-hybridized carbons (Fsp3) is 0.294. The van der Waals surface area contributed by atoms with Crippen LogP contribution in [0.25, 0.3) is 0 Å². The molecule has 122 valence electrons. The first kappa shape index (κ1) is 17.0. The van der Waals surface area contributed by atoms with Crippen LogP contribution in [0.4, 0.5) is 8.78 Å². The highest BCUT2D eigenvalue weighted by molar-refractivity contribution is 5.94. The zero-order valence-corrected chi connectivity index (χ0v) is 12.9. The Labute approximate surface area is 133 Å². The number of carbonyl (C=O) groups is 1. The Balaban J connectivity index is 1.70. The first-order valence-electron chi connectivity index (χ1n) is 7.41. The number of pyridine rings is 1. The van der Waals surface area contributed by atoms with Crippen LogP contribution in [-0.2, 0) is 6.54 Å². The molecule has 2 rings (SSSR count). The van der Waals surface area contributed by atoms with Gasteiger partial charge < -0.3 is 10.6 Å². The molecule has 0 saturated heterocycles. The number of nitrogens with one attached hydrogen (secondary N) is 2. The van der Waals surface area contributed by atoms with Gasteiger partial charge in [-0.3, -0.25) is 9.78 Å². The number of hydrogen-bond acceptors (Lipinski definition) is 3. The third kappa shape index (κ3) is 5.10. The number of nitrogens with zero attached hydrogens (tertiary/aromatic N) is 1. The van der Waals surface area contributed by atoms with E-state index in [0.717, 1.165) is 17.7 Å². The maximum absolute atomic E-state index is 13.7. The number of rotatable bonds is 7. The summed E-state index contributed by atoms with van der Waals surface area (Å²) in [6.07, 6.45) is 4.18. The normalized spacial score (nSPS) is 10.6. The molecule has 0 fully saturated rings. The summed E-state index contributed by atoms with van der Waals surface area (Å²) in [5.41, 5.74) is 0.990. The minimum absolute atomic E-state index is 0.179. The van der Waals surface area contributed by atoms with Crippen molar-refractivity contribution in [2.24, 2.45) is 0 Å². The fourth-order valence-electron chi connectivity index (χ4n) is 2.07. The van der Waals surface area contributed by atoms with E-state index in [9.17, 15) is 13.6 Å². The topological polar surface area (TPSA) is 54.0 Å². The van der Waals surface area contributed by atoms with Gasteiger partial charge in [-0.2, -0.15) is 0 Å². The van der Waals surface area contributed by atoms with Gasteiger partial charge in [-0.15, -0.1) is 0 Å². The average Bonchev–Trinajstić information content (AvgIpc) is 2.55. The van der Waals surface area contributed by atoms with Gasteiger partial charge in [-0.05, 0) is 49.2 Å². The van der Waals surface area contributed by atoms with E-state index in [1.165, 1.54) is 6.92 Å². The Kier molecular flexibility index (Phi) is 6.17. The van der Waals surface area contributed by atoms with Gasteiger partial charge in [0.2, 0.25) is 0 Å². The molecule has 23 heavy (non-hydrogen) atoms. The number of halogens is 2. The summed E-state index contributed by atoms with van der Waals surface area (Å²) in [5, 5.41) is 5.80. The molecule has 6 heteroatoms. The molecule has 0 bridgehead atoms. The Morgan fingerprint density at radius 3 is 2.78 bits per heavy atom. The molecule has 0 spiro atoms. The second-order valence-corrected chi connectivity index (χ2v) is 5.23. The largest absolute Gasteiger partial charge is 0.352 e. The van der Waals surface area contributed by atoms with Crippen molar-refractivity contribution in [3.05, 3.63) is 65.0 Å². The lowest BCUT2D eigenvalue weighted by molar-refractivity contribution is 0.0948. The van der Waals surface area contributed by atoms with E-state index in [-0.39, 0.29) is 11.1 Å². The van der Waals surface area contributed by atoms with Crippen molar-refractivity contribution in [3.8, 4) is 0 Å². The molecule has 0 aliphatic carbocycles. The van der Waals surface area contributed by atoms with Crippen LogP contribution in [0.3, 0.4) is 0 Å². The highest BCUT2D eigenvalue weighted by atomic mass is 19.1. The van der Waals surface area contributed by atoms with Crippen molar-refractivity contribution in [3.63, 3.8) is 0 Å². The van der Waals surface area contributed by atoms with E-state index in [4.69, 9.17) is 0 Å². The van der Waals surface area contributed by atoms with Crippen LogP contribution < -0.4 is 10.6 Å². The van der Waals surface area contributed by atoms with Crippen molar-refractivity contribution in [1.29, 1.82) is 0 Å². The fourth-order valence-corrected chi connectivity index (χ4v) is 2.07. The van der Waals surface area contributed by atoms with Gasteiger partial charge in [-0.1, -0.05) is 6.07 Å². The van der Waals surface area contributed by atoms with Crippen LogP contribution in [0.15, 0.2) is 36.7 Å². The number of amides is 1. The predicted octanol–water partition coefficient (Wildman–Crippen LogP) is 2.58. The average molecular weight is 319 g/mol. The van der Waals surface area contributed by atoms with Gasteiger partial charge in [0.15, 0.2) is 0 Å². The smallest absolute Gasteiger partial charge is 0.254 e. The van der Waals surface area contributed by atoms with E-state index in [2.05, 4.69) is 15.6 Å². The molecule has 1 amide bonds. The number of aryl methyl sites for hydroxylation is 1. The van der Waals surface area contributed by atoms with Crippen molar-refractivity contribution < 1.29 is 13.6 Å². The monoisotopic (exact) mass is 319 g/mol. The van der Waals surface area contributed by atoms with Gasteiger partial charge >= 0.3 is 0 Å². The highest BCUT2D eigenvalue weighted by Gasteiger charge is 2.14. The van der Waals surface area contributed by atoms with Crippen LogP contribution in [0.1, 0.15) is 27.9 Å². The summed E-state index contributed by atoms with van der Waals surface area (Å²) in [5.74, 6) is -1.90. The molecule has 1 heterocycles. The van der Waals surface area contributed by atoms with E-state index < -0.39 is 17.5 Å². The molecule has 0 atom stereocenters. The standard InChI is InChI=1S/C17H19F2N3O/c1-12-8-16(19)14(9-15(12)18)17(23)22-7-3-6-21-11-13-4-2-5-20-10-13/h2,4-5,8-10,21H,3,6-7,11H2,1H3,(H,22,23). The Morgan fingerprint density at radius 1 is 1.22 bits per heavy atom. The van der Waals surface area contributed by atoms with Crippen molar-refractivity contribution in [2.75, 3.05) is 13.1 Å². The minimum Gasteiger partial charge on any atom is -0.352 e. The predicted molar refractivity (Wildman–Crippen MR) is 84.0 cm³/mol. The quantitative estimate of drug-likeness (QED) is 0.771. The molecule has 0 aliphatic heterocycles. The number of carbonyl (C=O) groups excluding carboxylic acids is 1. The molecule has 2 N–H and O–H groups in total. The summed E-state index contributed by atoms with van der Waals surface area (Å²) in [6, 6.07) is 5.79. The number of hydrogen-bond donors (Lipinski definition) is 2. The van der Waals surface area contributed by atoms with E-state index in [0.29, 0.717) is 26.1 Å².